The van der Waals surface area contributed by atoms with Crippen molar-refractivity contribution < 1.29 is 8.78 Å². The van der Waals surface area contributed by atoms with Gasteiger partial charge in [-0.15, -0.1) is 0 Å². The van der Waals surface area contributed by atoms with Crippen molar-refractivity contribution in [3.63, 3.8) is 0 Å². The molecular formula is C15H14ClF2N. The fraction of sp³-hybridized carbons (Fsp3) is 0.200. The lowest BCUT2D eigenvalue weighted by Gasteiger charge is -2.32. The molecule has 0 radical (unpaired) electrons. The van der Waals surface area contributed by atoms with Gasteiger partial charge in [-0.1, -0.05) is 36.4 Å². The molecule has 0 fully saturated rings. The maximum Gasteiger partial charge on any atom is 0.256 e. The van der Waals surface area contributed by atoms with Crippen LogP contribution in [0.15, 0.2) is 54.3 Å². The van der Waals surface area contributed by atoms with Crippen molar-refractivity contribution >= 4 is 17.3 Å². The van der Waals surface area contributed by atoms with Gasteiger partial charge in [-0.05, 0) is 36.3 Å². The molecule has 0 spiro atoms. The third kappa shape index (κ3) is 3.04. The standard InChI is InChI=1S/C15H14ClF2N/c1-10-3-8-14(12-4-6-13(16)7-5-12)19(11(10)2)9-15(17)18/h3-8,15H,2,9H2,1H3. The van der Waals surface area contributed by atoms with Crippen molar-refractivity contribution in [1.82, 2.24) is 4.90 Å². The lowest BCUT2D eigenvalue weighted by atomic mass is 10.0. The highest BCUT2D eigenvalue weighted by molar-refractivity contribution is 6.30. The number of rotatable bonds is 3. The summed E-state index contributed by atoms with van der Waals surface area (Å²) in [5.41, 5.74) is 3.05. The molecule has 0 saturated heterocycles. The summed E-state index contributed by atoms with van der Waals surface area (Å²) in [5.74, 6) is 0. The van der Waals surface area contributed by atoms with Gasteiger partial charge in [0.2, 0.25) is 0 Å². The Morgan fingerprint density at radius 3 is 2.42 bits per heavy atom. The van der Waals surface area contributed by atoms with Crippen molar-refractivity contribution in [2.75, 3.05) is 6.54 Å². The van der Waals surface area contributed by atoms with Gasteiger partial charge in [0, 0.05) is 16.4 Å². The number of hydrogen-bond acceptors (Lipinski definition) is 1. The molecule has 1 aliphatic heterocycles. The number of benzene rings is 1. The molecule has 0 N–H and O–H groups in total. The van der Waals surface area contributed by atoms with E-state index < -0.39 is 6.43 Å². The van der Waals surface area contributed by atoms with E-state index in [1.54, 1.807) is 17.0 Å². The van der Waals surface area contributed by atoms with Crippen molar-refractivity contribution in [2.24, 2.45) is 0 Å². The Labute approximate surface area is 116 Å². The van der Waals surface area contributed by atoms with Crippen molar-refractivity contribution in [3.05, 3.63) is 64.9 Å². The highest BCUT2D eigenvalue weighted by Gasteiger charge is 2.22. The first-order valence-electron chi connectivity index (χ1n) is 5.88. The highest BCUT2D eigenvalue weighted by Crippen LogP contribution is 2.31. The largest absolute Gasteiger partial charge is 0.336 e. The van der Waals surface area contributed by atoms with Crippen LogP contribution in [0.1, 0.15) is 12.5 Å². The van der Waals surface area contributed by atoms with Crippen molar-refractivity contribution in [3.8, 4) is 0 Å². The minimum atomic E-state index is -2.42. The van der Waals surface area contributed by atoms with E-state index in [2.05, 4.69) is 6.58 Å². The van der Waals surface area contributed by atoms with Crippen LogP contribution >= 0.6 is 11.6 Å². The molecule has 0 atom stereocenters. The fourth-order valence-electron chi connectivity index (χ4n) is 1.97. The van der Waals surface area contributed by atoms with Crippen LogP contribution in [0.4, 0.5) is 8.78 Å². The minimum Gasteiger partial charge on any atom is -0.336 e. The van der Waals surface area contributed by atoms with E-state index >= 15 is 0 Å². The van der Waals surface area contributed by atoms with Crippen LogP contribution in [0.3, 0.4) is 0 Å². The van der Waals surface area contributed by atoms with Crippen molar-refractivity contribution in [1.29, 1.82) is 0 Å². The molecule has 1 aliphatic rings. The first-order chi connectivity index (χ1) is 8.99. The Morgan fingerprint density at radius 1 is 1.21 bits per heavy atom. The van der Waals surface area contributed by atoms with Gasteiger partial charge in [-0.2, -0.15) is 0 Å². The molecule has 0 unspecified atom stereocenters. The van der Waals surface area contributed by atoms with Crippen LogP contribution in [-0.2, 0) is 0 Å². The Bertz CT molecular complexity index is 544. The molecule has 4 heteroatoms. The van der Waals surface area contributed by atoms with Crippen molar-refractivity contribution in [2.45, 2.75) is 13.3 Å². The number of allylic oxidation sites excluding steroid dienone is 3. The summed E-state index contributed by atoms with van der Waals surface area (Å²) in [6.07, 6.45) is 1.29. The minimum absolute atomic E-state index is 0.363. The summed E-state index contributed by atoms with van der Waals surface area (Å²) >= 11 is 5.84. The Hall–Kier alpha value is -1.61. The molecule has 0 saturated carbocycles. The fourth-order valence-corrected chi connectivity index (χ4v) is 2.09. The van der Waals surface area contributed by atoms with Gasteiger partial charge in [0.1, 0.15) is 0 Å². The van der Waals surface area contributed by atoms with E-state index in [-0.39, 0.29) is 6.54 Å². The lowest BCUT2D eigenvalue weighted by Crippen LogP contribution is -2.28. The molecule has 2 rings (SSSR count). The molecule has 0 bridgehead atoms. The maximum absolute atomic E-state index is 12.7. The Kier molecular flexibility index (Phi) is 4.05. The number of nitrogens with zero attached hydrogens (tertiary/aromatic N) is 1. The maximum atomic E-state index is 12.7. The lowest BCUT2D eigenvalue weighted by molar-refractivity contribution is 0.123. The van der Waals surface area contributed by atoms with Crippen LogP contribution < -0.4 is 0 Å². The predicted molar refractivity (Wildman–Crippen MR) is 75.0 cm³/mol. The summed E-state index contributed by atoms with van der Waals surface area (Å²) in [5, 5.41) is 0.617. The van der Waals surface area contributed by atoms with Gasteiger partial charge in [0.05, 0.1) is 6.54 Å². The monoisotopic (exact) mass is 281 g/mol. The zero-order valence-corrected chi connectivity index (χ0v) is 11.3. The van der Waals surface area contributed by atoms with E-state index in [9.17, 15) is 8.78 Å². The molecule has 1 aromatic carbocycles. The Balaban J connectivity index is 2.39. The van der Waals surface area contributed by atoms with E-state index in [4.69, 9.17) is 11.6 Å². The smallest absolute Gasteiger partial charge is 0.256 e. The predicted octanol–water partition coefficient (Wildman–Crippen LogP) is 4.72. The van der Waals surface area contributed by atoms with Gasteiger partial charge >= 0.3 is 0 Å². The van der Waals surface area contributed by atoms with Gasteiger partial charge in [0.25, 0.3) is 6.43 Å². The van der Waals surface area contributed by atoms with Crippen LogP contribution in [0.5, 0.6) is 0 Å². The van der Waals surface area contributed by atoms with Gasteiger partial charge in [-0.3, -0.25) is 0 Å². The third-order valence-corrected chi connectivity index (χ3v) is 3.28. The molecule has 1 nitrogen and oxygen atoms in total. The van der Waals surface area contributed by atoms with E-state index in [0.717, 1.165) is 11.1 Å². The first kappa shape index (κ1) is 13.8. The highest BCUT2D eigenvalue weighted by atomic mass is 35.5. The second-order valence-electron chi connectivity index (χ2n) is 4.36. The topological polar surface area (TPSA) is 3.24 Å². The second kappa shape index (κ2) is 5.57. The van der Waals surface area contributed by atoms with Crippen LogP contribution in [-0.4, -0.2) is 17.9 Å². The van der Waals surface area contributed by atoms with Crippen LogP contribution in [0, 0.1) is 0 Å². The average molecular weight is 282 g/mol. The van der Waals surface area contributed by atoms with Crippen LogP contribution in [0.2, 0.25) is 5.02 Å². The normalized spacial score (nSPS) is 15.6. The van der Waals surface area contributed by atoms with E-state index in [1.165, 1.54) is 0 Å². The van der Waals surface area contributed by atoms with Gasteiger partial charge < -0.3 is 4.90 Å². The number of halogens is 3. The quantitative estimate of drug-likeness (QED) is 0.775. The summed E-state index contributed by atoms with van der Waals surface area (Å²) < 4.78 is 25.4. The SMILES string of the molecule is C=C1C(C)=CC=C(c2ccc(Cl)cc2)N1CC(F)F. The van der Waals surface area contributed by atoms with Gasteiger partial charge in [0.15, 0.2) is 0 Å². The molecule has 0 aromatic heterocycles. The van der Waals surface area contributed by atoms with Crippen LogP contribution in [0.25, 0.3) is 5.70 Å². The molecule has 1 heterocycles. The molecule has 1 aromatic rings. The van der Waals surface area contributed by atoms with Gasteiger partial charge in [-0.25, -0.2) is 8.78 Å². The summed E-state index contributed by atoms with van der Waals surface area (Å²) in [6.45, 7) is 5.37. The molecule has 100 valence electrons. The third-order valence-electron chi connectivity index (χ3n) is 3.02. The number of hydrogen-bond donors (Lipinski definition) is 0. The van der Waals surface area contributed by atoms with E-state index in [1.807, 2.05) is 31.2 Å². The zero-order valence-electron chi connectivity index (χ0n) is 10.5. The second-order valence-corrected chi connectivity index (χ2v) is 4.79. The average Bonchev–Trinajstić information content (AvgIpc) is 2.36. The zero-order chi connectivity index (χ0) is 14.0. The first-order valence-corrected chi connectivity index (χ1v) is 6.26. The Morgan fingerprint density at radius 2 is 1.84 bits per heavy atom. The summed E-state index contributed by atoms with van der Waals surface area (Å²) in [4.78, 5) is 1.54. The van der Waals surface area contributed by atoms with E-state index in [0.29, 0.717) is 16.4 Å². The summed E-state index contributed by atoms with van der Waals surface area (Å²) in [6, 6.07) is 7.11. The molecule has 0 amide bonds. The molecule has 19 heavy (non-hydrogen) atoms. The molecular weight excluding hydrogens is 268 g/mol. The number of alkyl halides is 2. The summed E-state index contributed by atoms with van der Waals surface area (Å²) in [7, 11) is 0. The molecule has 0 aliphatic carbocycles.